The molecule has 4 heteroatoms. The number of rotatable bonds is 4. The predicted molar refractivity (Wildman–Crippen MR) is 79.0 cm³/mol. The van der Waals surface area contributed by atoms with E-state index in [1.165, 1.54) is 21.7 Å². The van der Waals surface area contributed by atoms with E-state index in [2.05, 4.69) is 53.0 Å². The van der Waals surface area contributed by atoms with E-state index >= 15 is 0 Å². The van der Waals surface area contributed by atoms with Crippen LogP contribution in [0.15, 0.2) is 35.7 Å². The molecule has 0 saturated heterocycles. The summed E-state index contributed by atoms with van der Waals surface area (Å²) in [5.41, 5.74) is 6.57. The summed E-state index contributed by atoms with van der Waals surface area (Å²) in [7, 11) is 4.08. The maximum Gasteiger partial charge on any atom is 0.0805 e. The number of hydrogen-bond donors (Lipinski definition) is 2. The average molecular weight is 261 g/mol. The molecule has 2 aromatic rings. The third kappa shape index (κ3) is 2.56. The third-order valence-corrected chi connectivity index (χ3v) is 4.13. The van der Waals surface area contributed by atoms with Gasteiger partial charge in [0.25, 0.3) is 0 Å². The first-order valence-corrected chi connectivity index (χ1v) is 6.79. The van der Waals surface area contributed by atoms with Crippen LogP contribution in [-0.4, -0.2) is 14.1 Å². The minimum atomic E-state index is 0.0601. The van der Waals surface area contributed by atoms with Crippen molar-refractivity contribution in [1.29, 1.82) is 0 Å². The molecule has 1 heterocycles. The molecule has 0 aliphatic heterocycles. The van der Waals surface area contributed by atoms with Gasteiger partial charge in [-0.05, 0) is 41.6 Å². The summed E-state index contributed by atoms with van der Waals surface area (Å²) in [5, 5.41) is 2.10. The molecule has 96 valence electrons. The van der Waals surface area contributed by atoms with Gasteiger partial charge in [-0.15, -0.1) is 11.3 Å². The van der Waals surface area contributed by atoms with Crippen molar-refractivity contribution >= 4 is 17.0 Å². The minimum Gasteiger partial charge on any atom is -0.378 e. The Bertz CT molecular complexity index is 519. The van der Waals surface area contributed by atoms with Crippen LogP contribution in [0.1, 0.15) is 22.0 Å². The number of anilines is 1. The molecule has 18 heavy (non-hydrogen) atoms. The summed E-state index contributed by atoms with van der Waals surface area (Å²) < 4.78 is 0. The molecule has 0 saturated carbocycles. The third-order valence-electron chi connectivity index (χ3n) is 3.05. The lowest BCUT2D eigenvalue weighted by molar-refractivity contribution is 0.644. The second-order valence-corrected chi connectivity index (χ2v) is 5.50. The molecule has 0 aliphatic carbocycles. The van der Waals surface area contributed by atoms with Gasteiger partial charge in [0, 0.05) is 24.7 Å². The van der Waals surface area contributed by atoms with Crippen LogP contribution in [0.3, 0.4) is 0 Å². The number of hydrogen-bond acceptors (Lipinski definition) is 4. The second kappa shape index (κ2) is 5.52. The molecule has 0 spiro atoms. The Morgan fingerprint density at radius 3 is 2.61 bits per heavy atom. The normalized spacial score (nSPS) is 12.4. The topological polar surface area (TPSA) is 41.3 Å². The molecule has 0 fully saturated rings. The molecule has 0 amide bonds. The molecule has 3 N–H and O–H groups in total. The lowest BCUT2D eigenvalue weighted by Gasteiger charge is -2.19. The molecular weight excluding hydrogens is 242 g/mol. The average Bonchev–Trinajstić information content (AvgIpc) is 2.77. The predicted octanol–water partition coefficient (Wildman–Crippen LogP) is 2.68. The molecule has 0 bridgehead atoms. The highest BCUT2D eigenvalue weighted by Gasteiger charge is 2.16. The summed E-state index contributed by atoms with van der Waals surface area (Å²) in [5.74, 6) is 5.73. The van der Waals surface area contributed by atoms with E-state index in [0.717, 1.165) is 0 Å². The molecule has 1 aromatic heterocycles. The fourth-order valence-corrected chi connectivity index (χ4v) is 3.00. The number of nitrogens with two attached hydrogens (primary N) is 1. The van der Waals surface area contributed by atoms with Crippen LogP contribution in [0.5, 0.6) is 0 Å². The molecule has 1 unspecified atom stereocenters. The van der Waals surface area contributed by atoms with Crippen molar-refractivity contribution < 1.29 is 0 Å². The number of nitrogens with one attached hydrogen (secondary N) is 1. The quantitative estimate of drug-likeness (QED) is 0.657. The Morgan fingerprint density at radius 1 is 1.28 bits per heavy atom. The van der Waals surface area contributed by atoms with Crippen molar-refractivity contribution in [2.24, 2.45) is 5.84 Å². The Kier molecular flexibility index (Phi) is 4.01. The second-order valence-electron chi connectivity index (χ2n) is 4.56. The number of thiophene rings is 1. The molecule has 1 atom stereocenters. The van der Waals surface area contributed by atoms with Crippen molar-refractivity contribution in [1.82, 2.24) is 5.43 Å². The number of benzene rings is 1. The van der Waals surface area contributed by atoms with Crippen molar-refractivity contribution in [3.63, 3.8) is 0 Å². The molecule has 0 radical (unpaired) electrons. The van der Waals surface area contributed by atoms with Crippen molar-refractivity contribution in [2.75, 3.05) is 19.0 Å². The minimum absolute atomic E-state index is 0.0601. The summed E-state index contributed by atoms with van der Waals surface area (Å²) in [6, 6.07) is 10.6. The van der Waals surface area contributed by atoms with Gasteiger partial charge >= 0.3 is 0 Å². The Morgan fingerprint density at radius 2 is 2.06 bits per heavy atom. The van der Waals surface area contributed by atoms with Crippen LogP contribution in [0, 0.1) is 6.92 Å². The molecule has 3 nitrogen and oxygen atoms in total. The number of aryl methyl sites for hydroxylation is 1. The van der Waals surface area contributed by atoms with Gasteiger partial charge in [0.15, 0.2) is 0 Å². The van der Waals surface area contributed by atoms with E-state index in [-0.39, 0.29) is 6.04 Å². The van der Waals surface area contributed by atoms with Gasteiger partial charge in [0.05, 0.1) is 6.04 Å². The zero-order valence-corrected chi connectivity index (χ0v) is 11.8. The Hall–Kier alpha value is -1.36. The van der Waals surface area contributed by atoms with Gasteiger partial charge in [0.2, 0.25) is 0 Å². The van der Waals surface area contributed by atoms with Crippen LogP contribution >= 0.6 is 11.3 Å². The highest BCUT2D eigenvalue weighted by Crippen LogP contribution is 2.30. The highest BCUT2D eigenvalue weighted by atomic mass is 32.1. The Balaban J connectivity index is 2.39. The van der Waals surface area contributed by atoms with Gasteiger partial charge in [0.1, 0.15) is 0 Å². The summed E-state index contributed by atoms with van der Waals surface area (Å²) in [6.07, 6.45) is 0. The van der Waals surface area contributed by atoms with Crippen molar-refractivity contribution in [3.8, 4) is 0 Å². The zero-order valence-electron chi connectivity index (χ0n) is 11.0. The van der Waals surface area contributed by atoms with Crippen molar-refractivity contribution in [2.45, 2.75) is 13.0 Å². The van der Waals surface area contributed by atoms with Crippen LogP contribution in [-0.2, 0) is 0 Å². The summed E-state index contributed by atoms with van der Waals surface area (Å²) >= 11 is 1.74. The van der Waals surface area contributed by atoms with E-state index in [1.807, 2.05) is 14.1 Å². The van der Waals surface area contributed by atoms with Crippen molar-refractivity contribution in [3.05, 3.63) is 51.7 Å². The van der Waals surface area contributed by atoms with E-state index in [4.69, 9.17) is 5.84 Å². The van der Waals surface area contributed by atoms with Crippen LogP contribution in [0.2, 0.25) is 0 Å². The monoisotopic (exact) mass is 261 g/mol. The van der Waals surface area contributed by atoms with Gasteiger partial charge in [-0.3, -0.25) is 5.84 Å². The lowest BCUT2D eigenvalue weighted by atomic mass is 10.0. The number of hydrazine groups is 1. The zero-order chi connectivity index (χ0) is 13.1. The van der Waals surface area contributed by atoms with E-state index in [1.54, 1.807) is 11.3 Å². The van der Waals surface area contributed by atoms with Crippen LogP contribution in [0.4, 0.5) is 5.69 Å². The van der Waals surface area contributed by atoms with E-state index in [9.17, 15) is 0 Å². The molecule has 0 aliphatic rings. The fraction of sp³-hybridized carbons (Fsp3) is 0.286. The number of nitrogens with zero attached hydrogens (tertiary/aromatic N) is 1. The first kappa shape index (κ1) is 13.1. The largest absolute Gasteiger partial charge is 0.378 e. The Labute approximate surface area is 112 Å². The molecule has 2 rings (SSSR count). The SMILES string of the molecule is Cc1ccsc1C(NN)c1cccc(N(C)C)c1. The van der Waals surface area contributed by atoms with Gasteiger partial charge in [-0.25, -0.2) is 5.43 Å². The van der Waals surface area contributed by atoms with Gasteiger partial charge < -0.3 is 4.90 Å². The molecular formula is C14H19N3S. The first-order chi connectivity index (χ1) is 8.63. The molecule has 1 aromatic carbocycles. The standard InChI is InChI=1S/C14H19N3S/c1-10-7-8-18-14(10)13(16-15)11-5-4-6-12(9-11)17(2)3/h4-9,13,16H,15H2,1-3H3. The van der Waals surface area contributed by atoms with Gasteiger partial charge in [-0.1, -0.05) is 12.1 Å². The maximum atomic E-state index is 5.73. The highest BCUT2D eigenvalue weighted by molar-refractivity contribution is 7.10. The van der Waals surface area contributed by atoms with Gasteiger partial charge in [-0.2, -0.15) is 0 Å². The lowest BCUT2D eigenvalue weighted by Crippen LogP contribution is -2.28. The summed E-state index contributed by atoms with van der Waals surface area (Å²) in [4.78, 5) is 3.37. The van der Waals surface area contributed by atoms with E-state index in [0.29, 0.717) is 0 Å². The first-order valence-electron chi connectivity index (χ1n) is 5.91. The van der Waals surface area contributed by atoms with E-state index < -0.39 is 0 Å². The van der Waals surface area contributed by atoms with Crippen LogP contribution in [0.25, 0.3) is 0 Å². The maximum absolute atomic E-state index is 5.73. The van der Waals surface area contributed by atoms with Crippen LogP contribution < -0.4 is 16.2 Å². The summed E-state index contributed by atoms with van der Waals surface area (Å²) in [6.45, 7) is 2.12. The smallest absolute Gasteiger partial charge is 0.0805 e. The fourth-order valence-electron chi connectivity index (χ4n) is 1.99.